The van der Waals surface area contributed by atoms with Crippen LogP contribution in [0, 0.1) is 0 Å². The predicted molar refractivity (Wildman–Crippen MR) is 85.2 cm³/mol. The number of methoxy groups -OCH3 is 3. The van der Waals surface area contributed by atoms with Crippen molar-refractivity contribution >= 4 is 12.6 Å². The summed E-state index contributed by atoms with van der Waals surface area (Å²) in [6.07, 6.45) is 0. The zero-order valence-electron chi connectivity index (χ0n) is 14.3. The minimum atomic E-state index is -1.34. The fourth-order valence-electron chi connectivity index (χ4n) is 1.76. The predicted octanol–water partition coefficient (Wildman–Crippen LogP) is 0.966. The van der Waals surface area contributed by atoms with Gasteiger partial charge in [0.05, 0.1) is 38.0 Å². The van der Waals surface area contributed by atoms with Gasteiger partial charge in [0, 0.05) is 12.1 Å². The van der Waals surface area contributed by atoms with Gasteiger partial charge in [-0.05, 0) is 27.7 Å². The summed E-state index contributed by atoms with van der Waals surface area (Å²) >= 11 is 0. The van der Waals surface area contributed by atoms with Gasteiger partial charge >= 0.3 is 7.12 Å². The van der Waals surface area contributed by atoms with Gasteiger partial charge in [0.15, 0.2) is 0 Å². The van der Waals surface area contributed by atoms with Crippen LogP contribution in [0.25, 0.3) is 0 Å². The quantitative estimate of drug-likeness (QED) is 0.731. The highest BCUT2D eigenvalue weighted by Crippen LogP contribution is 2.29. The van der Waals surface area contributed by atoms with Crippen LogP contribution in [0.15, 0.2) is 12.1 Å². The van der Waals surface area contributed by atoms with Crippen LogP contribution in [0.5, 0.6) is 17.2 Å². The van der Waals surface area contributed by atoms with E-state index < -0.39 is 18.3 Å². The zero-order chi connectivity index (χ0) is 17.1. The molecule has 0 unspecified atom stereocenters. The van der Waals surface area contributed by atoms with Crippen molar-refractivity contribution in [3.63, 3.8) is 0 Å². The second kappa shape index (κ2) is 6.77. The van der Waals surface area contributed by atoms with Crippen molar-refractivity contribution < 1.29 is 29.0 Å². The van der Waals surface area contributed by atoms with Gasteiger partial charge in [-0.2, -0.15) is 0 Å². The van der Waals surface area contributed by atoms with Crippen LogP contribution in [0.2, 0.25) is 0 Å². The van der Waals surface area contributed by atoms with E-state index in [2.05, 4.69) is 0 Å². The maximum Gasteiger partial charge on any atom is 0.499 e. The molecule has 0 aliphatic heterocycles. The van der Waals surface area contributed by atoms with Crippen LogP contribution >= 0.6 is 0 Å². The SMILES string of the molecule is COc1cc(OC)c(B(O)OC(C)(C)C(C)(C)O)c(OC)c1. The van der Waals surface area contributed by atoms with E-state index in [4.69, 9.17) is 18.9 Å². The van der Waals surface area contributed by atoms with Crippen LogP contribution in [-0.2, 0) is 4.65 Å². The Bertz CT molecular complexity index is 484. The Morgan fingerprint density at radius 3 is 1.68 bits per heavy atom. The Hall–Kier alpha value is -1.44. The third kappa shape index (κ3) is 3.85. The lowest BCUT2D eigenvalue weighted by atomic mass is 9.75. The fraction of sp³-hybridized carbons (Fsp3) is 0.600. The zero-order valence-corrected chi connectivity index (χ0v) is 14.3. The molecule has 0 amide bonds. The minimum absolute atomic E-state index is 0.336. The Labute approximate surface area is 132 Å². The van der Waals surface area contributed by atoms with Gasteiger partial charge in [-0.15, -0.1) is 0 Å². The lowest BCUT2D eigenvalue weighted by Gasteiger charge is -2.38. The summed E-state index contributed by atoms with van der Waals surface area (Å²) in [5, 5.41) is 20.6. The van der Waals surface area contributed by atoms with E-state index in [0.717, 1.165) is 0 Å². The highest BCUT2D eigenvalue weighted by Gasteiger charge is 2.41. The number of ether oxygens (including phenoxy) is 3. The van der Waals surface area contributed by atoms with Crippen LogP contribution in [0.3, 0.4) is 0 Å². The number of rotatable bonds is 7. The second-order valence-corrected chi connectivity index (χ2v) is 5.99. The van der Waals surface area contributed by atoms with Gasteiger partial charge < -0.3 is 29.0 Å². The molecular weight excluding hydrogens is 287 g/mol. The summed E-state index contributed by atoms with van der Waals surface area (Å²) in [6.45, 7) is 6.61. The first-order chi connectivity index (χ1) is 10.1. The van der Waals surface area contributed by atoms with E-state index in [-0.39, 0.29) is 0 Å². The average molecular weight is 312 g/mol. The summed E-state index contributed by atoms with van der Waals surface area (Å²) in [7, 11) is 3.15. The van der Waals surface area contributed by atoms with Crippen molar-refractivity contribution in [2.45, 2.75) is 38.9 Å². The molecule has 0 radical (unpaired) electrons. The normalized spacial score (nSPS) is 12.0. The van der Waals surface area contributed by atoms with E-state index in [1.807, 2.05) is 0 Å². The molecule has 6 nitrogen and oxygen atoms in total. The molecule has 0 atom stereocenters. The summed E-state index contributed by atoms with van der Waals surface area (Å²) in [5.41, 5.74) is -1.81. The highest BCUT2D eigenvalue weighted by molar-refractivity contribution is 6.62. The topological polar surface area (TPSA) is 77.4 Å². The first-order valence-electron chi connectivity index (χ1n) is 6.95. The standard InChI is InChI=1S/C15H25BO6/c1-14(2,17)15(3,4)22-16(18)13-11(20-6)8-10(19-5)9-12(13)21-7/h8-9,17-18H,1-7H3. The molecule has 22 heavy (non-hydrogen) atoms. The first kappa shape index (κ1) is 18.6. The van der Waals surface area contributed by atoms with Gasteiger partial charge in [0.1, 0.15) is 17.2 Å². The van der Waals surface area contributed by atoms with Crippen molar-refractivity contribution in [3.05, 3.63) is 12.1 Å². The van der Waals surface area contributed by atoms with E-state index in [1.54, 1.807) is 39.8 Å². The van der Waals surface area contributed by atoms with Gasteiger partial charge in [0.2, 0.25) is 0 Å². The summed E-state index contributed by atoms with van der Waals surface area (Å²) < 4.78 is 21.4. The van der Waals surface area contributed by atoms with Gasteiger partial charge in [-0.3, -0.25) is 0 Å². The first-order valence-corrected chi connectivity index (χ1v) is 6.95. The third-order valence-corrected chi connectivity index (χ3v) is 3.88. The molecule has 2 N–H and O–H groups in total. The van der Waals surface area contributed by atoms with E-state index in [9.17, 15) is 10.1 Å². The van der Waals surface area contributed by atoms with Crippen LogP contribution in [-0.4, -0.2) is 49.8 Å². The maximum atomic E-state index is 10.5. The van der Waals surface area contributed by atoms with Crippen molar-refractivity contribution in [1.29, 1.82) is 0 Å². The largest absolute Gasteiger partial charge is 0.499 e. The fourth-order valence-corrected chi connectivity index (χ4v) is 1.76. The van der Waals surface area contributed by atoms with Crippen molar-refractivity contribution in [2.75, 3.05) is 21.3 Å². The molecule has 0 saturated carbocycles. The lowest BCUT2D eigenvalue weighted by molar-refractivity contribution is -0.0983. The van der Waals surface area contributed by atoms with Crippen molar-refractivity contribution in [3.8, 4) is 17.2 Å². The average Bonchev–Trinajstić information content (AvgIpc) is 2.43. The van der Waals surface area contributed by atoms with E-state index >= 15 is 0 Å². The second-order valence-electron chi connectivity index (χ2n) is 5.99. The molecule has 7 heteroatoms. The number of hydrogen-bond acceptors (Lipinski definition) is 6. The third-order valence-electron chi connectivity index (χ3n) is 3.88. The molecule has 0 fully saturated rings. The van der Waals surface area contributed by atoms with Gasteiger partial charge in [-0.1, -0.05) is 0 Å². The van der Waals surface area contributed by atoms with Gasteiger partial charge in [-0.25, -0.2) is 0 Å². The smallest absolute Gasteiger partial charge is 0.497 e. The molecule has 1 aromatic rings. The molecular formula is C15H25BO6. The summed E-state index contributed by atoms with van der Waals surface area (Å²) in [4.78, 5) is 0. The van der Waals surface area contributed by atoms with Crippen LogP contribution < -0.4 is 19.7 Å². The summed E-state index contributed by atoms with van der Waals surface area (Å²) in [6, 6.07) is 3.25. The molecule has 0 saturated heterocycles. The molecule has 0 bridgehead atoms. The molecule has 0 aliphatic rings. The number of hydrogen-bond donors (Lipinski definition) is 2. The van der Waals surface area contributed by atoms with Gasteiger partial charge in [0.25, 0.3) is 0 Å². The van der Waals surface area contributed by atoms with E-state index in [1.165, 1.54) is 21.3 Å². The number of aliphatic hydroxyl groups is 1. The highest BCUT2D eigenvalue weighted by atomic mass is 16.6. The molecule has 0 spiro atoms. The van der Waals surface area contributed by atoms with Crippen LogP contribution in [0.4, 0.5) is 0 Å². The molecule has 1 rings (SSSR count). The molecule has 1 aromatic carbocycles. The molecule has 0 heterocycles. The van der Waals surface area contributed by atoms with Crippen LogP contribution in [0.1, 0.15) is 27.7 Å². The Balaban J connectivity index is 3.25. The minimum Gasteiger partial charge on any atom is -0.497 e. The number of benzene rings is 1. The Morgan fingerprint density at radius 2 is 1.36 bits per heavy atom. The molecule has 0 aromatic heterocycles. The molecule has 124 valence electrons. The molecule has 0 aliphatic carbocycles. The Morgan fingerprint density at radius 1 is 0.909 bits per heavy atom. The van der Waals surface area contributed by atoms with Crippen molar-refractivity contribution in [1.82, 2.24) is 0 Å². The Kier molecular flexibility index (Phi) is 5.73. The lowest BCUT2D eigenvalue weighted by Crippen LogP contribution is -2.53. The summed E-state index contributed by atoms with van der Waals surface area (Å²) in [5.74, 6) is 1.27. The monoisotopic (exact) mass is 312 g/mol. The maximum absolute atomic E-state index is 10.5. The van der Waals surface area contributed by atoms with E-state index in [0.29, 0.717) is 22.7 Å². The van der Waals surface area contributed by atoms with Crippen molar-refractivity contribution in [2.24, 2.45) is 0 Å².